The van der Waals surface area contributed by atoms with Crippen molar-refractivity contribution in [1.82, 2.24) is 0 Å². The number of amides is 1. The lowest BCUT2D eigenvalue weighted by Crippen LogP contribution is -2.13. The first-order valence-electron chi connectivity index (χ1n) is 4.61. The maximum atomic E-state index is 13.3. The molecule has 0 aromatic heterocycles. The summed E-state index contributed by atoms with van der Waals surface area (Å²) < 4.78 is 50.2. The standard InChI is InChI=1S/C10H8ClF4NO/c1-2-8(17)16-9-6(11)3-5(4-7(9)12)10(13,14)15/h3-4H,2H2,1H3,(H,16,17). The number of alkyl halides is 3. The van der Waals surface area contributed by atoms with Crippen LogP contribution in [0.25, 0.3) is 0 Å². The zero-order valence-electron chi connectivity index (χ0n) is 8.66. The van der Waals surface area contributed by atoms with E-state index in [9.17, 15) is 22.4 Å². The van der Waals surface area contributed by atoms with E-state index in [4.69, 9.17) is 11.6 Å². The molecule has 1 amide bonds. The quantitative estimate of drug-likeness (QED) is 0.812. The molecule has 1 aromatic carbocycles. The number of anilines is 1. The fourth-order valence-electron chi connectivity index (χ4n) is 1.08. The maximum Gasteiger partial charge on any atom is 0.416 e. The second-order valence-corrected chi connectivity index (χ2v) is 3.62. The molecular formula is C10H8ClF4NO. The van der Waals surface area contributed by atoms with Gasteiger partial charge in [-0.2, -0.15) is 13.2 Å². The second kappa shape index (κ2) is 4.91. The number of carbonyl (C=O) groups excluding carboxylic acids is 1. The van der Waals surface area contributed by atoms with Crippen molar-refractivity contribution < 1.29 is 22.4 Å². The Morgan fingerprint density at radius 2 is 2.00 bits per heavy atom. The zero-order chi connectivity index (χ0) is 13.2. The summed E-state index contributed by atoms with van der Waals surface area (Å²) in [5.41, 5.74) is -1.64. The molecule has 7 heteroatoms. The first-order chi connectivity index (χ1) is 7.75. The highest BCUT2D eigenvalue weighted by Gasteiger charge is 2.32. The molecule has 0 bridgehead atoms. The Balaban J connectivity index is 3.15. The van der Waals surface area contributed by atoms with Gasteiger partial charge in [0.25, 0.3) is 0 Å². The predicted molar refractivity (Wildman–Crippen MR) is 55.3 cm³/mol. The van der Waals surface area contributed by atoms with Gasteiger partial charge in [-0.25, -0.2) is 4.39 Å². The van der Waals surface area contributed by atoms with E-state index < -0.39 is 34.2 Å². The van der Waals surface area contributed by atoms with Crippen LogP contribution in [0.5, 0.6) is 0 Å². The molecule has 0 heterocycles. The lowest BCUT2D eigenvalue weighted by atomic mass is 10.2. The highest BCUT2D eigenvalue weighted by atomic mass is 35.5. The average molecular weight is 270 g/mol. The van der Waals surface area contributed by atoms with E-state index in [1.165, 1.54) is 6.92 Å². The summed E-state index contributed by atoms with van der Waals surface area (Å²) in [7, 11) is 0. The monoisotopic (exact) mass is 269 g/mol. The number of nitrogens with one attached hydrogen (secondary N) is 1. The lowest BCUT2D eigenvalue weighted by molar-refractivity contribution is -0.137. The Labute approximate surface area is 99.6 Å². The Kier molecular flexibility index (Phi) is 3.98. The van der Waals surface area contributed by atoms with Crippen molar-refractivity contribution in [2.24, 2.45) is 0 Å². The number of rotatable bonds is 2. The van der Waals surface area contributed by atoms with Crippen LogP contribution >= 0.6 is 11.6 Å². The van der Waals surface area contributed by atoms with E-state index in [2.05, 4.69) is 5.32 Å². The molecule has 0 aliphatic rings. The summed E-state index contributed by atoms with van der Waals surface area (Å²) in [5, 5.41) is 1.61. The summed E-state index contributed by atoms with van der Waals surface area (Å²) in [6, 6.07) is 0.854. The van der Waals surface area contributed by atoms with Crippen LogP contribution in [-0.2, 0) is 11.0 Å². The minimum Gasteiger partial charge on any atom is -0.322 e. The lowest BCUT2D eigenvalue weighted by Gasteiger charge is -2.11. The van der Waals surface area contributed by atoms with Gasteiger partial charge in [-0.1, -0.05) is 18.5 Å². The summed E-state index contributed by atoms with van der Waals surface area (Å²) in [6.45, 7) is 1.52. The second-order valence-electron chi connectivity index (χ2n) is 3.21. The molecule has 0 aliphatic carbocycles. The van der Waals surface area contributed by atoms with Crippen LogP contribution in [0.1, 0.15) is 18.9 Å². The van der Waals surface area contributed by atoms with Crippen molar-refractivity contribution in [2.45, 2.75) is 19.5 Å². The van der Waals surface area contributed by atoms with Crippen molar-refractivity contribution in [3.8, 4) is 0 Å². The van der Waals surface area contributed by atoms with Gasteiger partial charge in [0.15, 0.2) is 0 Å². The third kappa shape index (κ3) is 3.33. The fraction of sp³-hybridized carbons (Fsp3) is 0.300. The Morgan fingerprint density at radius 3 is 2.41 bits per heavy atom. The van der Waals surface area contributed by atoms with E-state index in [0.29, 0.717) is 6.07 Å². The van der Waals surface area contributed by atoms with E-state index in [-0.39, 0.29) is 12.5 Å². The number of hydrogen-bond acceptors (Lipinski definition) is 1. The van der Waals surface area contributed by atoms with Gasteiger partial charge in [-0.15, -0.1) is 0 Å². The highest BCUT2D eigenvalue weighted by Crippen LogP contribution is 2.35. The molecule has 0 aliphatic heterocycles. The minimum atomic E-state index is -4.68. The molecule has 1 rings (SSSR count). The highest BCUT2D eigenvalue weighted by molar-refractivity contribution is 6.33. The van der Waals surface area contributed by atoms with Gasteiger partial charge >= 0.3 is 6.18 Å². The SMILES string of the molecule is CCC(=O)Nc1c(F)cc(C(F)(F)F)cc1Cl. The number of halogens is 5. The van der Waals surface area contributed by atoms with Crippen LogP contribution in [0, 0.1) is 5.82 Å². The van der Waals surface area contributed by atoms with Gasteiger partial charge in [-0.05, 0) is 12.1 Å². The topological polar surface area (TPSA) is 29.1 Å². The molecule has 0 fully saturated rings. The molecule has 0 atom stereocenters. The van der Waals surface area contributed by atoms with Gasteiger partial charge in [0.05, 0.1) is 16.3 Å². The van der Waals surface area contributed by atoms with Crippen molar-refractivity contribution in [1.29, 1.82) is 0 Å². The van der Waals surface area contributed by atoms with Crippen molar-refractivity contribution >= 4 is 23.2 Å². The molecular weight excluding hydrogens is 262 g/mol. The predicted octanol–water partition coefficient (Wildman–Crippen LogP) is 3.85. The first-order valence-corrected chi connectivity index (χ1v) is 4.99. The van der Waals surface area contributed by atoms with Gasteiger partial charge < -0.3 is 5.32 Å². The smallest absolute Gasteiger partial charge is 0.322 e. The van der Waals surface area contributed by atoms with Crippen LogP contribution in [0.3, 0.4) is 0 Å². The van der Waals surface area contributed by atoms with E-state index in [1.54, 1.807) is 0 Å². The van der Waals surface area contributed by atoms with Gasteiger partial charge in [-0.3, -0.25) is 4.79 Å². The normalized spacial score (nSPS) is 11.4. The molecule has 0 radical (unpaired) electrons. The number of benzene rings is 1. The van der Waals surface area contributed by atoms with Crippen LogP contribution in [-0.4, -0.2) is 5.91 Å². The van der Waals surface area contributed by atoms with Crippen LogP contribution in [0.15, 0.2) is 12.1 Å². The van der Waals surface area contributed by atoms with Gasteiger partial charge in [0, 0.05) is 6.42 Å². The Bertz CT molecular complexity index is 421. The van der Waals surface area contributed by atoms with Gasteiger partial charge in [0.1, 0.15) is 5.82 Å². The molecule has 94 valence electrons. The molecule has 1 N–H and O–H groups in total. The van der Waals surface area contributed by atoms with Crippen molar-refractivity contribution in [2.75, 3.05) is 5.32 Å². The molecule has 2 nitrogen and oxygen atoms in total. The summed E-state index contributed by atoms with van der Waals surface area (Å²) >= 11 is 5.49. The van der Waals surface area contributed by atoms with Crippen molar-refractivity contribution in [3.05, 3.63) is 28.5 Å². The molecule has 0 saturated carbocycles. The van der Waals surface area contributed by atoms with Crippen LogP contribution in [0.2, 0.25) is 5.02 Å². The third-order valence-electron chi connectivity index (χ3n) is 1.95. The van der Waals surface area contributed by atoms with Crippen LogP contribution < -0.4 is 5.32 Å². The van der Waals surface area contributed by atoms with E-state index >= 15 is 0 Å². The molecule has 0 unspecified atom stereocenters. The average Bonchev–Trinajstić information content (AvgIpc) is 2.21. The number of hydrogen-bond donors (Lipinski definition) is 1. The maximum absolute atomic E-state index is 13.3. The summed E-state index contributed by atoms with van der Waals surface area (Å²) in [6.07, 6.45) is -4.62. The van der Waals surface area contributed by atoms with Crippen LogP contribution in [0.4, 0.5) is 23.2 Å². The largest absolute Gasteiger partial charge is 0.416 e. The van der Waals surface area contributed by atoms with E-state index in [0.717, 1.165) is 0 Å². The number of carbonyl (C=O) groups is 1. The van der Waals surface area contributed by atoms with Crippen molar-refractivity contribution in [3.63, 3.8) is 0 Å². The zero-order valence-corrected chi connectivity index (χ0v) is 9.42. The third-order valence-corrected chi connectivity index (χ3v) is 2.25. The summed E-state index contributed by atoms with van der Waals surface area (Å²) in [5.74, 6) is -1.75. The van der Waals surface area contributed by atoms with E-state index in [1.807, 2.05) is 0 Å². The summed E-state index contributed by atoms with van der Waals surface area (Å²) in [4.78, 5) is 11.0. The van der Waals surface area contributed by atoms with Gasteiger partial charge in [0.2, 0.25) is 5.91 Å². The Hall–Kier alpha value is -1.30. The molecule has 0 spiro atoms. The first kappa shape index (κ1) is 13.8. The molecule has 17 heavy (non-hydrogen) atoms. The molecule has 0 saturated heterocycles. The molecule has 1 aromatic rings. The fourth-order valence-corrected chi connectivity index (χ4v) is 1.34. The minimum absolute atomic E-state index is 0.0663. The Morgan fingerprint density at radius 1 is 1.41 bits per heavy atom.